The quantitative estimate of drug-likeness (QED) is 0.622. The van der Waals surface area contributed by atoms with Crippen LogP contribution in [0.2, 0.25) is 0 Å². The molecule has 0 aliphatic heterocycles. The lowest BCUT2D eigenvalue weighted by Gasteiger charge is -2.08. The first kappa shape index (κ1) is 17.5. The van der Waals surface area contributed by atoms with Crippen LogP contribution in [-0.2, 0) is 6.18 Å². The van der Waals surface area contributed by atoms with Gasteiger partial charge in [0.15, 0.2) is 0 Å². The van der Waals surface area contributed by atoms with Gasteiger partial charge in [0, 0.05) is 23.5 Å². The van der Waals surface area contributed by atoms with Crippen molar-refractivity contribution in [3.8, 4) is 28.6 Å². The summed E-state index contributed by atoms with van der Waals surface area (Å²) < 4.78 is 63.8. The standard InChI is InChI=1S/C17H9F5N4/c18-16(19)26-6-5-14(25-26)13-7-15(24-9-11(13)8-23)10-1-3-12(4-2-10)17(20,21)22/h1-7,9,16H. The molecule has 4 nitrogen and oxygen atoms in total. The Morgan fingerprint density at radius 2 is 1.73 bits per heavy atom. The van der Waals surface area contributed by atoms with Crippen LogP contribution in [-0.4, -0.2) is 14.8 Å². The van der Waals surface area contributed by atoms with Crippen LogP contribution in [0, 0.1) is 11.3 Å². The molecule has 1 aromatic carbocycles. The number of aromatic nitrogens is 3. The summed E-state index contributed by atoms with van der Waals surface area (Å²) in [5.74, 6) is 0. The lowest BCUT2D eigenvalue weighted by atomic mass is 10.0. The molecule has 0 saturated heterocycles. The van der Waals surface area contributed by atoms with Crippen LogP contribution >= 0.6 is 0 Å². The summed E-state index contributed by atoms with van der Waals surface area (Å²) in [6.45, 7) is -2.83. The third-order valence-electron chi connectivity index (χ3n) is 3.62. The van der Waals surface area contributed by atoms with Crippen LogP contribution in [0.5, 0.6) is 0 Å². The fraction of sp³-hybridized carbons (Fsp3) is 0.118. The number of pyridine rings is 1. The second-order valence-electron chi connectivity index (χ2n) is 5.26. The summed E-state index contributed by atoms with van der Waals surface area (Å²) in [6.07, 6.45) is -2.16. The number of nitrogens with zero attached hydrogens (tertiary/aromatic N) is 4. The molecule has 0 unspecified atom stereocenters. The Kier molecular flexibility index (Phi) is 4.42. The van der Waals surface area contributed by atoms with Crippen molar-refractivity contribution in [3.05, 3.63) is 59.9 Å². The van der Waals surface area contributed by atoms with Crippen molar-refractivity contribution in [2.75, 3.05) is 0 Å². The van der Waals surface area contributed by atoms with Gasteiger partial charge in [0.1, 0.15) is 6.07 Å². The van der Waals surface area contributed by atoms with Gasteiger partial charge in [-0.1, -0.05) is 12.1 Å². The molecule has 0 N–H and O–H groups in total. The Labute approximate surface area is 144 Å². The third kappa shape index (κ3) is 3.39. The first-order valence-corrected chi connectivity index (χ1v) is 7.21. The lowest BCUT2D eigenvalue weighted by molar-refractivity contribution is -0.137. The maximum Gasteiger partial charge on any atom is 0.416 e. The highest BCUT2D eigenvalue weighted by molar-refractivity contribution is 5.73. The van der Waals surface area contributed by atoms with E-state index in [1.807, 2.05) is 6.07 Å². The Morgan fingerprint density at radius 3 is 2.27 bits per heavy atom. The zero-order chi connectivity index (χ0) is 18.9. The summed E-state index contributed by atoms with van der Waals surface area (Å²) in [5.41, 5.74) is 0.386. The van der Waals surface area contributed by atoms with Gasteiger partial charge < -0.3 is 0 Å². The smallest absolute Gasteiger partial charge is 0.255 e. The molecule has 3 rings (SSSR count). The van der Waals surface area contributed by atoms with Crippen LogP contribution < -0.4 is 0 Å². The molecule has 26 heavy (non-hydrogen) atoms. The fourth-order valence-corrected chi connectivity index (χ4v) is 2.33. The van der Waals surface area contributed by atoms with E-state index in [2.05, 4.69) is 10.1 Å². The summed E-state index contributed by atoms with van der Waals surface area (Å²) in [6, 6.07) is 8.97. The minimum absolute atomic E-state index is 0.111. The molecular weight excluding hydrogens is 355 g/mol. The van der Waals surface area contributed by atoms with Gasteiger partial charge in [-0.15, -0.1) is 0 Å². The number of rotatable bonds is 3. The monoisotopic (exact) mass is 364 g/mol. The van der Waals surface area contributed by atoms with E-state index in [-0.39, 0.29) is 16.8 Å². The minimum Gasteiger partial charge on any atom is -0.255 e. The van der Waals surface area contributed by atoms with E-state index in [0.29, 0.717) is 15.9 Å². The van der Waals surface area contributed by atoms with Crippen molar-refractivity contribution < 1.29 is 22.0 Å². The molecule has 0 spiro atoms. The Hall–Kier alpha value is -3.28. The Bertz CT molecular complexity index is 968. The number of halogens is 5. The molecule has 0 bridgehead atoms. The molecule has 0 amide bonds. The van der Waals surface area contributed by atoms with Crippen LogP contribution in [0.4, 0.5) is 22.0 Å². The molecular formula is C17H9F5N4. The highest BCUT2D eigenvalue weighted by Crippen LogP contribution is 2.32. The van der Waals surface area contributed by atoms with E-state index in [1.54, 1.807) is 0 Å². The van der Waals surface area contributed by atoms with Crippen molar-refractivity contribution in [1.29, 1.82) is 5.26 Å². The summed E-state index contributed by atoms with van der Waals surface area (Å²) in [5, 5.41) is 12.9. The number of nitriles is 1. The van der Waals surface area contributed by atoms with Crippen molar-refractivity contribution >= 4 is 0 Å². The molecule has 3 aromatic rings. The predicted molar refractivity (Wildman–Crippen MR) is 81.9 cm³/mol. The molecule has 0 radical (unpaired) electrons. The van der Waals surface area contributed by atoms with Gasteiger partial charge in [0.25, 0.3) is 0 Å². The van der Waals surface area contributed by atoms with Crippen molar-refractivity contribution in [3.63, 3.8) is 0 Å². The molecule has 0 atom stereocenters. The fourth-order valence-electron chi connectivity index (χ4n) is 2.33. The summed E-state index contributed by atoms with van der Waals surface area (Å²) in [4.78, 5) is 4.05. The van der Waals surface area contributed by atoms with Gasteiger partial charge in [-0.05, 0) is 24.3 Å². The Balaban J connectivity index is 2.03. The highest BCUT2D eigenvalue weighted by atomic mass is 19.4. The molecule has 0 saturated carbocycles. The third-order valence-corrected chi connectivity index (χ3v) is 3.62. The Morgan fingerprint density at radius 1 is 1.04 bits per heavy atom. The number of hydrogen-bond acceptors (Lipinski definition) is 3. The lowest BCUT2D eigenvalue weighted by Crippen LogP contribution is -2.04. The largest absolute Gasteiger partial charge is 0.416 e. The number of hydrogen-bond donors (Lipinski definition) is 0. The topological polar surface area (TPSA) is 54.5 Å². The van der Waals surface area contributed by atoms with E-state index < -0.39 is 18.3 Å². The molecule has 2 aromatic heterocycles. The second-order valence-corrected chi connectivity index (χ2v) is 5.26. The van der Waals surface area contributed by atoms with Crippen LogP contribution in [0.3, 0.4) is 0 Å². The maximum atomic E-state index is 12.7. The van der Waals surface area contributed by atoms with Crippen molar-refractivity contribution in [2.45, 2.75) is 12.7 Å². The predicted octanol–water partition coefficient (Wildman–Crippen LogP) is 4.90. The average molecular weight is 364 g/mol. The van der Waals surface area contributed by atoms with Gasteiger partial charge in [-0.3, -0.25) is 4.98 Å². The van der Waals surface area contributed by atoms with Gasteiger partial charge in [0.05, 0.1) is 22.5 Å². The minimum atomic E-state index is -4.45. The molecule has 0 aliphatic rings. The van der Waals surface area contributed by atoms with E-state index in [0.717, 1.165) is 18.3 Å². The molecule has 2 heterocycles. The van der Waals surface area contributed by atoms with Crippen LogP contribution in [0.15, 0.2) is 48.8 Å². The SMILES string of the molecule is N#Cc1cnc(-c2ccc(C(F)(F)F)cc2)cc1-c1ccn(C(F)F)n1. The average Bonchev–Trinajstić information content (AvgIpc) is 3.11. The van der Waals surface area contributed by atoms with Gasteiger partial charge in [-0.2, -0.15) is 32.3 Å². The van der Waals surface area contributed by atoms with Crippen LogP contribution in [0.1, 0.15) is 17.7 Å². The summed E-state index contributed by atoms with van der Waals surface area (Å²) in [7, 11) is 0. The molecule has 9 heteroatoms. The van der Waals surface area contributed by atoms with E-state index in [4.69, 9.17) is 0 Å². The zero-order valence-corrected chi connectivity index (χ0v) is 12.9. The van der Waals surface area contributed by atoms with Crippen molar-refractivity contribution in [1.82, 2.24) is 14.8 Å². The van der Waals surface area contributed by atoms with E-state index in [9.17, 15) is 27.2 Å². The first-order valence-electron chi connectivity index (χ1n) is 7.21. The molecule has 0 fully saturated rings. The second kappa shape index (κ2) is 6.55. The number of benzene rings is 1. The van der Waals surface area contributed by atoms with Gasteiger partial charge in [0.2, 0.25) is 0 Å². The first-order chi connectivity index (χ1) is 12.3. The van der Waals surface area contributed by atoms with Crippen LogP contribution in [0.25, 0.3) is 22.5 Å². The van der Waals surface area contributed by atoms with E-state index in [1.165, 1.54) is 30.5 Å². The zero-order valence-electron chi connectivity index (χ0n) is 12.9. The number of alkyl halides is 5. The summed E-state index contributed by atoms with van der Waals surface area (Å²) >= 11 is 0. The van der Waals surface area contributed by atoms with Crippen molar-refractivity contribution in [2.24, 2.45) is 0 Å². The highest BCUT2D eigenvalue weighted by Gasteiger charge is 2.30. The maximum absolute atomic E-state index is 12.7. The molecule has 132 valence electrons. The van der Waals surface area contributed by atoms with E-state index >= 15 is 0 Å². The van der Waals surface area contributed by atoms with Gasteiger partial charge >= 0.3 is 12.7 Å². The van der Waals surface area contributed by atoms with Gasteiger partial charge in [-0.25, -0.2) is 4.68 Å². The normalized spacial score (nSPS) is 11.6. The molecule has 0 aliphatic carbocycles.